The quantitative estimate of drug-likeness (QED) is 0.840. The summed E-state index contributed by atoms with van der Waals surface area (Å²) in [5.41, 5.74) is 6.69. The van der Waals surface area contributed by atoms with Gasteiger partial charge in [0.2, 0.25) is 5.91 Å². The SMILES string of the molecule is NC(=O)C1CCN(CCOc2ccc(Cc3ccccc3)s2)CC1. The maximum absolute atomic E-state index is 11.2. The van der Waals surface area contributed by atoms with E-state index in [0.29, 0.717) is 6.61 Å². The van der Waals surface area contributed by atoms with Crippen LogP contribution < -0.4 is 10.5 Å². The lowest BCUT2D eigenvalue weighted by atomic mass is 9.96. The van der Waals surface area contributed by atoms with Gasteiger partial charge in [0.05, 0.1) is 0 Å². The number of piperidine rings is 1. The molecule has 0 radical (unpaired) electrons. The molecule has 2 N–H and O–H groups in total. The highest BCUT2D eigenvalue weighted by molar-refractivity contribution is 7.13. The molecule has 0 atom stereocenters. The molecule has 4 nitrogen and oxygen atoms in total. The number of hydrogen-bond acceptors (Lipinski definition) is 4. The predicted molar refractivity (Wildman–Crippen MR) is 97.4 cm³/mol. The van der Waals surface area contributed by atoms with Crippen molar-refractivity contribution < 1.29 is 9.53 Å². The zero-order valence-electron chi connectivity index (χ0n) is 13.8. The summed E-state index contributed by atoms with van der Waals surface area (Å²) < 4.78 is 5.89. The highest BCUT2D eigenvalue weighted by atomic mass is 32.1. The second-order valence-corrected chi connectivity index (χ2v) is 7.38. The molecule has 1 aliphatic heterocycles. The highest BCUT2D eigenvalue weighted by Gasteiger charge is 2.22. The number of likely N-dealkylation sites (tertiary alicyclic amines) is 1. The topological polar surface area (TPSA) is 55.6 Å². The van der Waals surface area contributed by atoms with Gasteiger partial charge >= 0.3 is 0 Å². The molecule has 1 amide bonds. The molecular formula is C19H24N2O2S. The minimum absolute atomic E-state index is 0.0556. The molecule has 1 saturated heterocycles. The van der Waals surface area contributed by atoms with E-state index in [4.69, 9.17) is 10.5 Å². The molecule has 0 spiro atoms. The van der Waals surface area contributed by atoms with E-state index in [-0.39, 0.29) is 11.8 Å². The van der Waals surface area contributed by atoms with E-state index in [1.165, 1.54) is 10.4 Å². The van der Waals surface area contributed by atoms with Crippen molar-refractivity contribution in [3.05, 3.63) is 52.9 Å². The Hall–Kier alpha value is -1.85. The average Bonchev–Trinajstić information content (AvgIpc) is 3.03. The van der Waals surface area contributed by atoms with Gasteiger partial charge in [0.15, 0.2) is 5.06 Å². The zero-order chi connectivity index (χ0) is 16.8. The molecule has 128 valence electrons. The number of rotatable bonds is 7. The van der Waals surface area contributed by atoms with Crippen LogP contribution in [0.3, 0.4) is 0 Å². The Balaban J connectivity index is 1.39. The number of hydrogen-bond donors (Lipinski definition) is 1. The molecule has 2 aromatic rings. The fourth-order valence-corrected chi connectivity index (χ4v) is 3.96. The number of nitrogens with zero attached hydrogens (tertiary/aromatic N) is 1. The van der Waals surface area contributed by atoms with Gasteiger partial charge in [0, 0.05) is 23.8 Å². The Morgan fingerprint density at radius 3 is 2.62 bits per heavy atom. The first kappa shape index (κ1) is 17.0. The van der Waals surface area contributed by atoms with Crippen LogP contribution in [0.15, 0.2) is 42.5 Å². The summed E-state index contributed by atoms with van der Waals surface area (Å²) in [5, 5.41) is 0.980. The lowest BCUT2D eigenvalue weighted by molar-refractivity contribution is -0.123. The van der Waals surface area contributed by atoms with E-state index in [9.17, 15) is 4.79 Å². The van der Waals surface area contributed by atoms with Crippen molar-refractivity contribution in [3.63, 3.8) is 0 Å². The van der Waals surface area contributed by atoms with E-state index in [0.717, 1.165) is 44.0 Å². The highest BCUT2D eigenvalue weighted by Crippen LogP contribution is 2.26. The first-order chi connectivity index (χ1) is 11.7. The molecule has 0 bridgehead atoms. The average molecular weight is 344 g/mol. The molecule has 1 fully saturated rings. The molecule has 5 heteroatoms. The smallest absolute Gasteiger partial charge is 0.220 e. The molecule has 1 aliphatic rings. The Morgan fingerprint density at radius 2 is 1.92 bits per heavy atom. The third-order valence-corrected chi connectivity index (χ3v) is 5.50. The lowest BCUT2D eigenvalue weighted by Crippen LogP contribution is -2.40. The minimum Gasteiger partial charge on any atom is -0.483 e. The number of ether oxygens (including phenoxy) is 1. The maximum Gasteiger partial charge on any atom is 0.220 e. The van der Waals surface area contributed by atoms with Gasteiger partial charge in [-0.15, -0.1) is 11.3 Å². The third-order valence-electron chi connectivity index (χ3n) is 4.50. The van der Waals surface area contributed by atoms with E-state index in [1.807, 2.05) is 6.07 Å². The molecule has 2 heterocycles. The van der Waals surface area contributed by atoms with Crippen LogP contribution in [0.1, 0.15) is 23.3 Å². The molecule has 1 aromatic carbocycles. The van der Waals surface area contributed by atoms with Crippen LogP contribution in [0.25, 0.3) is 0 Å². The lowest BCUT2D eigenvalue weighted by Gasteiger charge is -2.30. The fraction of sp³-hybridized carbons (Fsp3) is 0.421. The van der Waals surface area contributed by atoms with Crippen LogP contribution in [0, 0.1) is 5.92 Å². The Labute approximate surface area is 147 Å². The molecule has 3 rings (SSSR count). The van der Waals surface area contributed by atoms with Crippen LogP contribution >= 0.6 is 11.3 Å². The van der Waals surface area contributed by atoms with Crippen LogP contribution in [-0.4, -0.2) is 37.0 Å². The maximum atomic E-state index is 11.2. The van der Waals surface area contributed by atoms with Gasteiger partial charge in [-0.05, 0) is 43.6 Å². The predicted octanol–water partition coefficient (Wildman–Crippen LogP) is 2.92. The van der Waals surface area contributed by atoms with Crippen molar-refractivity contribution >= 4 is 17.2 Å². The Bertz CT molecular complexity index is 648. The molecule has 0 aliphatic carbocycles. The van der Waals surface area contributed by atoms with E-state index >= 15 is 0 Å². The second kappa shape index (κ2) is 8.31. The molecule has 24 heavy (non-hydrogen) atoms. The Kier molecular flexibility index (Phi) is 5.88. The molecule has 0 unspecified atom stereocenters. The summed E-state index contributed by atoms with van der Waals surface area (Å²) in [6.45, 7) is 3.45. The number of benzene rings is 1. The van der Waals surface area contributed by atoms with Crippen molar-refractivity contribution in [2.24, 2.45) is 11.7 Å². The van der Waals surface area contributed by atoms with E-state index in [1.54, 1.807) is 11.3 Å². The fourth-order valence-electron chi connectivity index (χ4n) is 3.04. The summed E-state index contributed by atoms with van der Waals surface area (Å²) in [7, 11) is 0. The monoisotopic (exact) mass is 344 g/mol. The number of carbonyl (C=O) groups is 1. The minimum atomic E-state index is -0.157. The number of nitrogens with two attached hydrogens (primary N) is 1. The van der Waals surface area contributed by atoms with Crippen molar-refractivity contribution in [2.75, 3.05) is 26.2 Å². The summed E-state index contributed by atoms with van der Waals surface area (Å²) >= 11 is 1.72. The number of carbonyl (C=O) groups excluding carboxylic acids is 1. The number of thiophene rings is 1. The molecular weight excluding hydrogens is 320 g/mol. The van der Waals surface area contributed by atoms with Crippen LogP contribution in [0.5, 0.6) is 5.06 Å². The summed E-state index contributed by atoms with van der Waals surface area (Å²) in [6.07, 6.45) is 2.70. The van der Waals surface area contributed by atoms with E-state index in [2.05, 4.69) is 41.3 Å². The van der Waals surface area contributed by atoms with Gasteiger partial charge in [-0.25, -0.2) is 0 Å². The van der Waals surface area contributed by atoms with Gasteiger partial charge in [0.25, 0.3) is 0 Å². The summed E-state index contributed by atoms with van der Waals surface area (Å²) in [6, 6.07) is 14.7. The van der Waals surface area contributed by atoms with Gasteiger partial charge in [-0.2, -0.15) is 0 Å². The first-order valence-electron chi connectivity index (χ1n) is 8.48. The molecule has 0 saturated carbocycles. The van der Waals surface area contributed by atoms with Crippen LogP contribution in [-0.2, 0) is 11.2 Å². The standard InChI is InChI=1S/C19H24N2O2S/c20-19(22)16-8-10-21(11-9-16)12-13-23-18-7-6-17(24-18)14-15-4-2-1-3-5-15/h1-7,16H,8-14H2,(H2,20,22). The summed E-state index contributed by atoms with van der Waals surface area (Å²) in [5.74, 6) is -0.101. The van der Waals surface area contributed by atoms with Crippen molar-refractivity contribution in [1.29, 1.82) is 0 Å². The normalized spacial score (nSPS) is 16.2. The van der Waals surface area contributed by atoms with Crippen LogP contribution in [0.2, 0.25) is 0 Å². The summed E-state index contributed by atoms with van der Waals surface area (Å²) in [4.78, 5) is 14.8. The number of primary amides is 1. The van der Waals surface area contributed by atoms with Gasteiger partial charge in [0.1, 0.15) is 6.61 Å². The Morgan fingerprint density at radius 1 is 1.17 bits per heavy atom. The second-order valence-electron chi connectivity index (χ2n) is 6.25. The van der Waals surface area contributed by atoms with Crippen molar-refractivity contribution in [1.82, 2.24) is 4.90 Å². The van der Waals surface area contributed by atoms with Crippen molar-refractivity contribution in [2.45, 2.75) is 19.3 Å². The van der Waals surface area contributed by atoms with Gasteiger partial charge in [-0.3, -0.25) is 9.69 Å². The van der Waals surface area contributed by atoms with Gasteiger partial charge in [-0.1, -0.05) is 30.3 Å². The largest absolute Gasteiger partial charge is 0.483 e. The zero-order valence-corrected chi connectivity index (χ0v) is 14.6. The first-order valence-corrected chi connectivity index (χ1v) is 9.29. The third kappa shape index (κ3) is 4.82. The number of amides is 1. The van der Waals surface area contributed by atoms with E-state index < -0.39 is 0 Å². The van der Waals surface area contributed by atoms with Gasteiger partial charge < -0.3 is 10.5 Å². The molecule has 1 aromatic heterocycles. The van der Waals surface area contributed by atoms with Crippen LogP contribution in [0.4, 0.5) is 0 Å². The van der Waals surface area contributed by atoms with Crippen molar-refractivity contribution in [3.8, 4) is 5.06 Å².